The monoisotopic (exact) mass is 300 g/mol. The van der Waals surface area contributed by atoms with Crippen LogP contribution in [0.5, 0.6) is 0 Å². The summed E-state index contributed by atoms with van der Waals surface area (Å²) in [7, 11) is 0. The highest BCUT2D eigenvalue weighted by molar-refractivity contribution is 14.1. The first-order valence-electron chi connectivity index (χ1n) is 2.62. The van der Waals surface area contributed by atoms with Gasteiger partial charge < -0.3 is 4.98 Å². The summed E-state index contributed by atoms with van der Waals surface area (Å²) >= 11 is 13.2. The van der Waals surface area contributed by atoms with Gasteiger partial charge in [-0.05, 0) is 22.6 Å². The third kappa shape index (κ3) is 1.99. The normalized spacial score (nSPS) is 9.36. The fraction of sp³-hybridized carbons (Fsp3) is 0. The number of aromatic amines is 1. The van der Waals surface area contributed by atoms with Gasteiger partial charge in [0.05, 0.1) is 3.58 Å². The van der Waals surface area contributed by atoms with Crippen molar-refractivity contribution in [1.82, 2.24) is 9.97 Å². The van der Waals surface area contributed by atoms with Gasteiger partial charge in [-0.25, -0.2) is 4.98 Å². The maximum atomic E-state index is 5.62. The predicted molar refractivity (Wildman–Crippen MR) is 55.2 cm³/mol. The van der Waals surface area contributed by atoms with E-state index in [4.69, 9.17) is 23.2 Å². The molecular weight excluding hydrogens is 298 g/mol. The van der Waals surface area contributed by atoms with E-state index in [-0.39, 0.29) is 5.15 Å². The predicted octanol–water partition coefficient (Wildman–Crippen LogP) is 3.28. The molecule has 1 heterocycles. The average Bonchev–Trinajstić information content (AvgIpc) is 2.31. The zero-order valence-electron chi connectivity index (χ0n) is 5.29. The van der Waals surface area contributed by atoms with E-state index in [1.54, 1.807) is 0 Å². The van der Waals surface area contributed by atoms with Crippen LogP contribution in [0.25, 0.3) is 3.58 Å². The van der Waals surface area contributed by atoms with Crippen LogP contribution in [0.1, 0.15) is 5.82 Å². The maximum Gasteiger partial charge on any atom is 0.166 e. The van der Waals surface area contributed by atoms with Crippen LogP contribution < -0.4 is 0 Å². The van der Waals surface area contributed by atoms with Crippen molar-refractivity contribution in [2.24, 2.45) is 0 Å². The summed E-state index contributed by atoms with van der Waals surface area (Å²) in [6.45, 7) is 3.46. The van der Waals surface area contributed by atoms with Gasteiger partial charge in [-0.1, -0.05) is 29.8 Å². The lowest BCUT2D eigenvalue weighted by Gasteiger charge is -1.85. The molecule has 0 saturated heterocycles. The lowest BCUT2D eigenvalue weighted by atomic mass is 10.6. The van der Waals surface area contributed by atoms with E-state index in [9.17, 15) is 0 Å². The number of halogens is 3. The van der Waals surface area contributed by atoms with Gasteiger partial charge in [0.15, 0.2) is 11.0 Å². The van der Waals surface area contributed by atoms with Gasteiger partial charge >= 0.3 is 0 Å². The lowest BCUT2D eigenvalue weighted by molar-refractivity contribution is 1.26. The third-order valence-corrected chi connectivity index (χ3v) is 2.52. The van der Waals surface area contributed by atoms with E-state index in [1.807, 2.05) is 22.6 Å². The standard InChI is InChI=1S/C6H3Cl2IN2/c1-2-3(9)6-10-4(7)5(8)11-6/h1H2,(H,10,11). The molecule has 0 aromatic carbocycles. The van der Waals surface area contributed by atoms with E-state index in [1.165, 1.54) is 0 Å². The second kappa shape index (κ2) is 3.63. The zero-order chi connectivity index (χ0) is 8.43. The van der Waals surface area contributed by atoms with Gasteiger partial charge in [0, 0.05) is 0 Å². The second-order valence-electron chi connectivity index (χ2n) is 1.68. The molecule has 0 aliphatic carbocycles. The molecule has 0 amide bonds. The van der Waals surface area contributed by atoms with Crippen molar-refractivity contribution < 1.29 is 0 Å². The van der Waals surface area contributed by atoms with Gasteiger partial charge in [-0.15, -0.1) is 5.73 Å². The smallest absolute Gasteiger partial charge is 0.166 e. The molecule has 11 heavy (non-hydrogen) atoms. The summed E-state index contributed by atoms with van der Waals surface area (Å²) in [6.07, 6.45) is 0. The summed E-state index contributed by atoms with van der Waals surface area (Å²) in [5.74, 6) is 0.593. The van der Waals surface area contributed by atoms with Crippen LogP contribution in [-0.4, -0.2) is 9.97 Å². The molecule has 0 atom stereocenters. The van der Waals surface area contributed by atoms with Crippen molar-refractivity contribution in [1.29, 1.82) is 0 Å². The summed E-state index contributed by atoms with van der Waals surface area (Å²) < 4.78 is 0.761. The van der Waals surface area contributed by atoms with E-state index >= 15 is 0 Å². The van der Waals surface area contributed by atoms with Crippen molar-refractivity contribution in [3.05, 3.63) is 28.4 Å². The molecule has 0 bridgehead atoms. The SMILES string of the molecule is C=C=C(I)c1nc(Cl)c(Cl)[nH]1. The van der Waals surface area contributed by atoms with Crippen LogP contribution in [0.4, 0.5) is 0 Å². The van der Waals surface area contributed by atoms with Crippen molar-refractivity contribution >= 4 is 49.4 Å². The van der Waals surface area contributed by atoms with Crippen LogP contribution in [0.2, 0.25) is 10.3 Å². The van der Waals surface area contributed by atoms with E-state index in [2.05, 4.69) is 22.3 Å². The highest BCUT2D eigenvalue weighted by Gasteiger charge is 2.06. The first-order chi connectivity index (χ1) is 5.15. The quantitative estimate of drug-likeness (QED) is 0.626. The van der Waals surface area contributed by atoms with Crippen LogP contribution in [0, 0.1) is 0 Å². The van der Waals surface area contributed by atoms with Crippen LogP contribution in [0.15, 0.2) is 12.3 Å². The molecular formula is C6H3Cl2IN2. The van der Waals surface area contributed by atoms with Crippen molar-refractivity contribution in [3.8, 4) is 0 Å². The maximum absolute atomic E-state index is 5.62. The Morgan fingerprint density at radius 1 is 1.64 bits per heavy atom. The number of aromatic nitrogens is 2. The fourth-order valence-electron chi connectivity index (χ4n) is 0.518. The molecule has 1 rings (SSSR count). The molecule has 5 heteroatoms. The van der Waals surface area contributed by atoms with Gasteiger partial charge in [-0.3, -0.25) is 0 Å². The molecule has 1 N–H and O–H groups in total. The van der Waals surface area contributed by atoms with Gasteiger partial charge in [0.2, 0.25) is 0 Å². The Kier molecular flexibility index (Phi) is 3.01. The Balaban J connectivity index is 3.17. The highest BCUT2D eigenvalue weighted by atomic mass is 127. The largest absolute Gasteiger partial charge is 0.327 e. The highest BCUT2D eigenvalue weighted by Crippen LogP contribution is 2.24. The minimum atomic E-state index is 0.270. The van der Waals surface area contributed by atoms with Gasteiger partial charge in [0.1, 0.15) is 5.15 Å². The molecule has 1 aromatic heterocycles. The van der Waals surface area contributed by atoms with Crippen LogP contribution >= 0.6 is 45.8 Å². The first-order valence-corrected chi connectivity index (χ1v) is 4.45. The minimum Gasteiger partial charge on any atom is -0.327 e. The summed E-state index contributed by atoms with van der Waals surface area (Å²) in [6, 6.07) is 0. The molecule has 2 nitrogen and oxygen atoms in total. The van der Waals surface area contributed by atoms with Gasteiger partial charge in [0.25, 0.3) is 0 Å². The number of imidazole rings is 1. The number of hydrogen-bond acceptors (Lipinski definition) is 1. The Bertz CT molecular complexity index is 306. The van der Waals surface area contributed by atoms with Crippen LogP contribution in [0.3, 0.4) is 0 Å². The number of nitrogens with zero attached hydrogens (tertiary/aromatic N) is 1. The molecule has 0 saturated carbocycles. The lowest BCUT2D eigenvalue weighted by Crippen LogP contribution is -1.76. The number of nitrogens with one attached hydrogen (secondary N) is 1. The second-order valence-corrected chi connectivity index (χ2v) is 3.50. The molecule has 0 fully saturated rings. The van der Waals surface area contributed by atoms with Crippen molar-refractivity contribution in [3.63, 3.8) is 0 Å². The number of rotatable bonds is 1. The fourth-order valence-corrected chi connectivity index (χ4v) is 1.04. The zero-order valence-corrected chi connectivity index (χ0v) is 8.96. The Morgan fingerprint density at radius 2 is 2.27 bits per heavy atom. The van der Waals surface area contributed by atoms with E-state index in [0.717, 1.165) is 3.58 Å². The minimum absolute atomic E-state index is 0.270. The molecule has 0 aliphatic heterocycles. The summed E-state index contributed by atoms with van der Waals surface area (Å²) in [5, 5.41) is 0.608. The van der Waals surface area contributed by atoms with E-state index in [0.29, 0.717) is 11.0 Å². The van der Waals surface area contributed by atoms with Gasteiger partial charge in [-0.2, -0.15) is 0 Å². The first kappa shape index (κ1) is 9.13. The van der Waals surface area contributed by atoms with Crippen molar-refractivity contribution in [2.75, 3.05) is 0 Å². The van der Waals surface area contributed by atoms with E-state index < -0.39 is 0 Å². The molecule has 1 aromatic rings. The number of hydrogen-bond donors (Lipinski definition) is 1. The Hall–Kier alpha value is 0.0400. The third-order valence-electron chi connectivity index (χ3n) is 0.982. The average molecular weight is 301 g/mol. The molecule has 0 radical (unpaired) electrons. The van der Waals surface area contributed by atoms with Crippen molar-refractivity contribution in [2.45, 2.75) is 0 Å². The Morgan fingerprint density at radius 3 is 2.64 bits per heavy atom. The molecule has 58 valence electrons. The summed E-state index contributed by atoms with van der Waals surface area (Å²) in [4.78, 5) is 6.68. The summed E-state index contributed by atoms with van der Waals surface area (Å²) in [5.41, 5.74) is 2.66. The molecule has 0 unspecified atom stereocenters. The molecule has 0 spiro atoms. The number of H-pyrrole nitrogens is 1. The van der Waals surface area contributed by atoms with Crippen LogP contribution in [-0.2, 0) is 0 Å². The Labute approximate surface area is 87.4 Å². The topological polar surface area (TPSA) is 28.7 Å². The molecule has 0 aliphatic rings.